The first-order valence-electron chi connectivity index (χ1n) is 8.96. The third-order valence-electron chi connectivity index (χ3n) is 5.45. The van der Waals surface area contributed by atoms with Crippen LogP contribution in [0, 0.1) is 5.92 Å². The van der Waals surface area contributed by atoms with Crippen molar-refractivity contribution in [1.29, 1.82) is 0 Å². The maximum absolute atomic E-state index is 12.4. The Morgan fingerprint density at radius 1 is 1.35 bits per heavy atom. The normalized spacial score (nSPS) is 21.9. The van der Waals surface area contributed by atoms with Gasteiger partial charge in [-0.25, -0.2) is 4.79 Å². The highest BCUT2D eigenvalue weighted by Crippen LogP contribution is 2.41. The minimum atomic E-state index is -0.384. The van der Waals surface area contributed by atoms with E-state index in [9.17, 15) is 9.59 Å². The van der Waals surface area contributed by atoms with Gasteiger partial charge in [0.25, 0.3) is 0 Å². The zero-order chi connectivity index (χ0) is 18.4. The summed E-state index contributed by atoms with van der Waals surface area (Å²) in [6, 6.07) is 6.19. The van der Waals surface area contributed by atoms with Gasteiger partial charge in [-0.2, -0.15) is 0 Å². The fourth-order valence-electron chi connectivity index (χ4n) is 4.28. The Bertz CT molecular complexity index is 928. The van der Waals surface area contributed by atoms with Crippen LogP contribution >= 0.6 is 0 Å². The van der Waals surface area contributed by atoms with E-state index in [4.69, 9.17) is 4.74 Å². The molecule has 1 aliphatic carbocycles. The number of rotatable bonds is 2. The molecule has 6 nitrogen and oxygen atoms in total. The van der Waals surface area contributed by atoms with Crippen LogP contribution in [0.3, 0.4) is 0 Å². The molecule has 2 unspecified atom stereocenters. The molecule has 2 aliphatic rings. The Kier molecular flexibility index (Phi) is 4.07. The minimum Gasteiger partial charge on any atom is -0.452 e. The summed E-state index contributed by atoms with van der Waals surface area (Å²) < 4.78 is 6.50. The maximum atomic E-state index is 12.4. The summed E-state index contributed by atoms with van der Waals surface area (Å²) in [7, 11) is 3.46. The Morgan fingerprint density at radius 2 is 2.15 bits per heavy atom. The molecule has 2 atom stereocenters. The van der Waals surface area contributed by atoms with E-state index in [1.165, 1.54) is 12.7 Å². The van der Waals surface area contributed by atoms with Crippen LogP contribution in [0.2, 0.25) is 0 Å². The van der Waals surface area contributed by atoms with E-state index in [2.05, 4.69) is 29.4 Å². The molecule has 136 valence electrons. The number of amides is 1. The van der Waals surface area contributed by atoms with E-state index >= 15 is 0 Å². The molecule has 2 aromatic rings. The van der Waals surface area contributed by atoms with Crippen molar-refractivity contribution >= 4 is 28.5 Å². The van der Waals surface area contributed by atoms with E-state index < -0.39 is 0 Å². The number of hydrogen-bond acceptors (Lipinski definition) is 4. The Hall–Kier alpha value is -2.60. The van der Waals surface area contributed by atoms with Gasteiger partial charge in [0, 0.05) is 30.7 Å². The molecule has 6 heteroatoms. The highest BCUT2D eigenvalue weighted by molar-refractivity contribution is 6.02. The van der Waals surface area contributed by atoms with Gasteiger partial charge in [-0.1, -0.05) is 18.2 Å². The fraction of sp³-hybridized carbons (Fsp3) is 0.400. The zero-order valence-electron chi connectivity index (χ0n) is 15.3. The SMILES string of the molecule is CCNC(=O)C1C=C2c3cccc4c3c(cn4C(=O)OC)CC2N(C)C1. The Balaban J connectivity index is 1.87. The summed E-state index contributed by atoms with van der Waals surface area (Å²) in [5.74, 6) is -0.0962. The monoisotopic (exact) mass is 353 g/mol. The molecule has 0 fully saturated rings. The molecular formula is C20H23N3O3. The van der Waals surface area contributed by atoms with Crippen molar-refractivity contribution in [2.24, 2.45) is 5.92 Å². The molecule has 1 amide bonds. The van der Waals surface area contributed by atoms with Gasteiger partial charge < -0.3 is 10.1 Å². The average molecular weight is 353 g/mol. The molecule has 0 radical (unpaired) electrons. The van der Waals surface area contributed by atoms with Crippen LogP contribution in [0.4, 0.5) is 4.79 Å². The largest absolute Gasteiger partial charge is 0.452 e. The number of hydrogen-bond donors (Lipinski definition) is 1. The average Bonchev–Trinajstić information content (AvgIpc) is 3.02. The predicted octanol–water partition coefficient (Wildman–Crippen LogP) is 2.26. The van der Waals surface area contributed by atoms with Crippen molar-refractivity contribution in [1.82, 2.24) is 14.8 Å². The van der Waals surface area contributed by atoms with Crippen LogP contribution in [0.25, 0.3) is 16.5 Å². The summed E-state index contributed by atoms with van der Waals surface area (Å²) in [4.78, 5) is 26.8. The quantitative estimate of drug-likeness (QED) is 0.900. The highest BCUT2D eigenvalue weighted by Gasteiger charge is 2.36. The second-order valence-corrected chi connectivity index (χ2v) is 6.98. The van der Waals surface area contributed by atoms with Gasteiger partial charge in [-0.15, -0.1) is 0 Å². The summed E-state index contributed by atoms with van der Waals surface area (Å²) in [6.07, 6.45) is 4.44. The number of likely N-dealkylation sites (N-methyl/N-ethyl adjacent to an activating group) is 1. The lowest BCUT2D eigenvalue weighted by molar-refractivity contribution is -0.124. The topological polar surface area (TPSA) is 63.6 Å². The molecule has 1 aliphatic heterocycles. The van der Waals surface area contributed by atoms with Crippen LogP contribution in [0.1, 0.15) is 18.1 Å². The lowest BCUT2D eigenvalue weighted by atomic mass is 9.80. The molecule has 4 rings (SSSR count). The molecule has 1 aromatic heterocycles. The summed E-state index contributed by atoms with van der Waals surface area (Å²) in [5, 5.41) is 4.01. The first-order chi connectivity index (χ1) is 12.5. The third-order valence-corrected chi connectivity index (χ3v) is 5.45. The third kappa shape index (κ3) is 2.44. The first-order valence-corrected chi connectivity index (χ1v) is 8.96. The van der Waals surface area contributed by atoms with Crippen LogP contribution in [0.15, 0.2) is 30.5 Å². The number of ether oxygens (including phenoxy) is 1. The van der Waals surface area contributed by atoms with Gasteiger partial charge in [-0.05, 0) is 43.2 Å². The van der Waals surface area contributed by atoms with Crippen LogP contribution in [-0.2, 0) is 16.0 Å². The van der Waals surface area contributed by atoms with Crippen molar-refractivity contribution in [3.8, 4) is 0 Å². The molecule has 0 saturated carbocycles. The van der Waals surface area contributed by atoms with E-state index in [1.54, 1.807) is 4.57 Å². The number of aromatic nitrogens is 1. The zero-order valence-corrected chi connectivity index (χ0v) is 15.3. The van der Waals surface area contributed by atoms with Crippen molar-refractivity contribution < 1.29 is 14.3 Å². The van der Waals surface area contributed by atoms with Gasteiger partial charge >= 0.3 is 6.09 Å². The van der Waals surface area contributed by atoms with Crippen LogP contribution < -0.4 is 5.32 Å². The highest BCUT2D eigenvalue weighted by atomic mass is 16.5. The summed E-state index contributed by atoms with van der Waals surface area (Å²) in [6.45, 7) is 3.26. The van der Waals surface area contributed by atoms with E-state index in [0.29, 0.717) is 13.1 Å². The fourth-order valence-corrected chi connectivity index (χ4v) is 4.28. The molecule has 1 N–H and O–H groups in total. The van der Waals surface area contributed by atoms with E-state index in [0.717, 1.165) is 28.5 Å². The Labute approximate surface area is 152 Å². The van der Waals surface area contributed by atoms with Gasteiger partial charge in [0.2, 0.25) is 5.91 Å². The van der Waals surface area contributed by atoms with E-state index in [1.807, 2.05) is 25.3 Å². The van der Waals surface area contributed by atoms with Gasteiger partial charge in [0.15, 0.2) is 0 Å². The number of nitrogens with zero attached hydrogens (tertiary/aromatic N) is 2. The van der Waals surface area contributed by atoms with Gasteiger partial charge in [0.1, 0.15) is 0 Å². The predicted molar refractivity (Wildman–Crippen MR) is 100 cm³/mol. The van der Waals surface area contributed by atoms with Crippen molar-refractivity contribution in [3.63, 3.8) is 0 Å². The van der Waals surface area contributed by atoms with Crippen molar-refractivity contribution in [2.45, 2.75) is 19.4 Å². The molecular weight excluding hydrogens is 330 g/mol. The van der Waals surface area contributed by atoms with Gasteiger partial charge in [-0.3, -0.25) is 14.3 Å². The second kappa shape index (κ2) is 6.29. The molecule has 0 saturated heterocycles. The van der Waals surface area contributed by atoms with Crippen molar-refractivity contribution in [2.75, 3.05) is 27.2 Å². The first kappa shape index (κ1) is 16.8. The minimum absolute atomic E-state index is 0.0652. The number of benzene rings is 1. The number of carbonyl (C=O) groups excluding carboxylic acids is 2. The summed E-state index contributed by atoms with van der Waals surface area (Å²) in [5.41, 5.74) is 4.28. The van der Waals surface area contributed by atoms with Crippen LogP contribution in [-0.4, -0.2) is 54.8 Å². The summed E-state index contributed by atoms with van der Waals surface area (Å²) >= 11 is 0. The lowest BCUT2D eigenvalue weighted by Gasteiger charge is -2.39. The molecule has 0 spiro atoms. The Morgan fingerprint density at radius 3 is 2.88 bits per heavy atom. The maximum Gasteiger partial charge on any atom is 0.418 e. The molecule has 0 bridgehead atoms. The van der Waals surface area contributed by atoms with Crippen LogP contribution in [0.5, 0.6) is 0 Å². The second-order valence-electron chi connectivity index (χ2n) is 6.98. The molecule has 26 heavy (non-hydrogen) atoms. The van der Waals surface area contributed by atoms with Gasteiger partial charge in [0.05, 0.1) is 18.5 Å². The standard InChI is InChI=1S/C20H23N3O3/c1-4-21-19(24)13-8-15-14-6-5-7-16-18(14)12(9-17(15)22(2)10-13)11-23(16)20(25)26-3/h5-8,11,13,17H,4,9-10H2,1-3H3,(H,21,24). The molecule has 1 aromatic carbocycles. The number of fused-ring (bicyclic) bond motifs is 2. The number of carbonyl (C=O) groups is 2. The number of methoxy groups -OCH3 is 1. The van der Waals surface area contributed by atoms with E-state index in [-0.39, 0.29) is 24.0 Å². The smallest absolute Gasteiger partial charge is 0.418 e. The lowest BCUT2D eigenvalue weighted by Crippen LogP contribution is -2.46. The van der Waals surface area contributed by atoms with Crippen molar-refractivity contribution in [3.05, 3.63) is 41.6 Å². The molecule has 2 heterocycles. The number of nitrogens with one attached hydrogen (secondary N) is 1.